The highest BCUT2D eigenvalue weighted by Gasteiger charge is 2.28. The average molecular weight is 296 g/mol. The summed E-state index contributed by atoms with van der Waals surface area (Å²) in [6, 6.07) is 0.468. The summed E-state index contributed by atoms with van der Waals surface area (Å²) in [6.07, 6.45) is 7.03. The number of hydrogen-bond acceptors (Lipinski definition) is 3. The van der Waals surface area contributed by atoms with Crippen LogP contribution < -0.4 is 10.6 Å². The number of hydrogen-bond donors (Lipinski definition) is 2. The zero-order valence-electron chi connectivity index (χ0n) is 12.4. The number of carbonyl (C=O) groups is 1. The fourth-order valence-corrected chi connectivity index (χ4v) is 3.72. The molecule has 1 aliphatic rings. The fraction of sp³-hybridized carbons (Fsp3) is 0.714. The summed E-state index contributed by atoms with van der Waals surface area (Å²) in [5.74, 6) is 1.10. The van der Waals surface area contributed by atoms with E-state index in [9.17, 15) is 4.79 Å². The van der Waals surface area contributed by atoms with Gasteiger partial charge in [-0.2, -0.15) is 16.9 Å². The van der Waals surface area contributed by atoms with Gasteiger partial charge in [0, 0.05) is 23.5 Å². The van der Waals surface area contributed by atoms with Crippen molar-refractivity contribution in [1.82, 2.24) is 15.1 Å². The molecule has 0 bridgehead atoms. The van der Waals surface area contributed by atoms with E-state index >= 15 is 0 Å². The van der Waals surface area contributed by atoms with Gasteiger partial charge >= 0.3 is 6.03 Å². The van der Waals surface area contributed by atoms with Crippen LogP contribution in [0.25, 0.3) is 0 Å². The van der Waals surface area contributed by atoms with Gasteiger partial charge in [0.05, 0.1) is 11.9 Å². The van der Waals surface area contributed by atoms with Crippen LogP contribution >= 0.6 is 11.8 Å². The monoisotopic (exact) mass is 296 g/mol. The minimum atomic E-state index is -0.123. The second kappa shape index (κ2) is 7.02. The zero-order chi connectivity index (χ0) is 14.5. The molecule has 1 aromatic rings. The molecule has 2 atom stereocenters. The number of nitrogens with zero attached hydrogens (tertiary/aromatic N) is 2. The van der Waals surface area contributed by atoms with Crippen molar-refractivity contribution < 1.29 is 4.79 Å². The number of amides is 2. The van der Waals surface area contributed by atoms with E-state index < -0.39 is 0 Å². The molecule has 1 aliphatic carbocycles. The average Bonchev–Trinajstić information content (AvgIpc) is 3.00. The van der Waals surface area contributed by atoms with Crippen LogP contribution in [0.1, 0.15) is 46.1 Å². The van der Waals surface area contributed by atoms with Crippen LogP contribution in [-0.4, -0.2) is 32.9 Å². The lowest BCUT2D eigenvalue weighted by Crippen LogP contribution is -2.41. The number of aromatic nitrogens is 2. The lowest BCUT2D eigenvalue weighted by molar-refractivity contribution is 0.249. The fourth-order valence-electron chi connectivity index (χ4n) is 2.53. The molecule has 20 heavy (non-hydrogen) atoms. The lowest BCUT2D eigenvalue weighted by atomic mass is 10.2. The van der Waals surface area contributed by atoms with E-state index in [2.05, 4.69) is 36.5 Å². The van der Waals surface area contributed by atoms with E-state index in [1.54, 1.807) is 6.20 Å². The minimum absolute atomic E-state index is 0.123. The summed E-state index contributed by atoms with van der Waals surface area (Å²) in [4.78, 5) is 12.0. The van der Waals surface area contributed by atoms with Crippen molar-refractivity contribution in [3.63, 3.8) is 0 Å². The van der Waals surface area contributed by atoms with Gasteiger partial charge in [-0.1, -0.05) is 13.3 Å². The number of nitrogens with one attached hydrogen (secondary N) is 2. The van der Waals surface area contributed by atoms with Crippen LogP contribution in [0.5, 0.6) is 0 Å². The van der Waals surface area contributed by atoms with Crippen LogP contribution in [0.3, 0.4) is 0 Å². The van der Waals surface area contributed by atoms with Gasteiger partial charge in [-0.15, -0.1) is 0 Å². The Hall–Kier alpha value is -1.17. The number of thioether (sulfide) groups is 1. The molecule has 1 fully saturated rings. The maximum absolute atomic E-state index is 12.0. The normalized spacial score (nSPS) is 22.2. The van der Waals surface area contributed by atoms with Crippen molar-refractivity contribution in [1.29, 1.82) is 0 Å². The van der Waals surface area contributed by atoms with Crippen LogP contribution in [0.15, 0.2) is 12.4 Å². The van der Waals surface area contributed by atoms with Gasteiger partial charge in [0.2, 0.25) is 0 Å². The smallest absolute Gasteiger partial charge is 0.319 e. The van der Waals surface area contributed by atoms with E-state index in [1.165, 1.54) is 12.8 Å². The van der Waals surface area contributed by atoms with Crippen LogP contribution in [0, 0.1) is 0 Å². The predicted octanol–water partition coefficient (Wildman–Crippen LogP) is 3.26. The van der Waals surface area contributed by atoms with Crippen molar-refractivity contribution in [2.24, 2.45) is 0 Å². The van der Waals surface area contributed by atoms with Crippen molar-refractivity contribution in [3.8, 4) is 0 Å². The van der Waals surface area contributed by atoms with Gasteiger partial charge in [0.1, 0.15) is 0 Å². The zero-order valence-corrected chi connectivity index (χ0v) is 13.2. The molecule has 0 unspecified atom stereocenters. The highest BCUT2D eigenvalue weighted by molar-refractivity contribution is 7.99. The standard InChI is InChI=1S/C14H24N4OS/c1-4-20-13-7-5-6-12(13)17-14(19)16-11-8-15-18(9-11)10(2)3/h8-10,12-13H,4-7H2,1-3H3,(H2,16,17,19)/t12-,13-/m1/s1. The Bertz CT molecular complexity index is 446. The Labute approximate surface area is 124 Å². The van der Waals surface area contributed by atoms with Crippen molar-refractivity contribution >= 4 is 23.5 Å². The first-order chi connectivity index (χ1) is 9.60. The van der Waals surface area contributed by atoms with Gasteiger partial charge in [-0.25, -0.2) is 4.79 Å². The molecule has 1 heterocycles. The minimum Gasteiger partial charge on any atom is -0.334 e. The molecule has 112 valence electrons. The summed E-state index contributed by atoms with van der Waals surface area (Å²) in [7, 11) is 0. The molecule has 1 saturated carbocycles. The molecule has 2 N–H and O–H groups in total. The Kier molecular flexibility index (Phi) is 5.34. The highest BCUT2D eigenvalue weighted by Crippen LogP contribution is 2.29. The number of urea groups is 1. The summed E-state index contributed by atoms with van der Waals surface area (Å²) >= 11 is 1.94. The Balaban J connectivity index is 1.85. The molecule has 1 aromatic heterocycles. The number of rotatable bonds is 5. The van der Waals surface area contributed by atoms with Gasteiger partial charge in [0.25, 0.3) is 0 Å². The molecular weight excluding hydrogens is 272 g/mol. The van der Waals surface area contributed by atoms with E-state index in [-0.39, 0.29) is 6.03 Å². The van der Waals surface area contributed by atoms with Crippen LogP contribution in [0.4, 0.5) is 10.5 Å². The molecular formula is C14H24N4OS. The summed E-state index contributed by atoms with van der Waals surface area (Å²) in [5.41, 5.74) is 0.744. The third-order valence-corrected chi connectivity index (χ3v) is 4.86. The second-order valence-corrected chi connectivity index (χ2v) is 6.95. The van der Waals surface area contributed by atoms with Gasteiger partial charge < -0.3 is 10.6 Å². The molecule has 2 rings (SSSR count). The Morgan fingerprint density at radius 3 is 3.00 bits per heavy atom. The van der Waals surface area contributed by atoms with Gasteiger partial charge in [-0.3, -0.25) is 4.68 Å². The van der Waals surface area contributed by atoms with Crippen LogP contribution in [0.2, 0.25) is 0 Å². The van der Waals surface area contributed by atoms with Crippen molar-refractivity contribution in [2.45, 2.75) is 57.4 Å². The molecule has 0 aliphatic heterocycles. The molecule has 6 heteroatoms. The topological polar surface area (TPSA) is 59.0 Å². The SMILES string of the molecule is CCS[C@@H]1CCC[C@H]1NC(=O)Nc1cnn(C(C)C)c1. The second-order valence-electron chi connectivity index (χ2n) is 5.43. The first-order valence-corrected chi connectivity index (χ1v) is 8.38. The number of carbonyl (C=O) groups excluding carboxylic acids is 1. The first-order valence-electron chi connectivity index (χ1n) is 7.33. The third-order valence-electron chi connectivity index (χ3n) is 3.54. The predicted molar refractivity (Wildman–Crippen MR) is 84.3 cm³/mol. The molecule has 0 radical (unpaired) electrons. The van der Waals surface area contributed by atoms with E-state index in [0.29, 0.717) is 17.3 Å². The number of anilines is 1. The molecule has 0 aromatic carbocycles. The molecule has 2 amide bonds. The lowest BCUT2D eigenvalue weighted by Gasteiger charge is -2.20. The van der Waals surface area contributed by atoms with E-state index in [4.69, 9.17) is 0 Å². The summed E-state index contributed by atoms with van der Waals surface area (Å²) in [5, 5.41) is 10.7. The summed E-state index contributed by atoms with van der Waals surface area (Å²) < 4.78 is 1.83. The maximum atomic E-state index is 12.0. The molecule has 0 saturated heterocycles. The van der Waals surface area contributed by atoms with E-state index in [1.807, 2.05) is 22.6 Å². The van der Waals surface area contributed by atoms with Crippen molar-refractivity contribution in [3.05, 3.63) is 12.4 Å². The first kappa shape index (κ1) is 15.2. The highest BCUT2D eigenvalue weighted by atomic mass is 32.2. The quantitative estimate of drug-likeness (QED) is 0.877. The van der Waals surface area contributed by atoms with Crippen molar-refractivity contribution in [2.75, 3.05) is 11.1 Å². The van der Waals surface area contributed by atoms with Crippen LogP contribution in [-0.2, 0) is 0 Å². The summed E-state index contributed by atoms with van der Waals surface area (Å²) in [6.45, 7) is 6.28. The largest absolute Gasteiger partial charge is 0.334 e. The van der Waals surface area contributed by atoms with Gasteiger partial charge in [0.15, 0.2) is 0 Å². The molecule has 0 spiro atoms. The van der Waals surface area contributed by atoms with E-state index in [0.717, 1.165) is 17.9 Å². The third kappa shape index (κ3) is 3.91. The van der Waals surface area contributed by atoms with Gasteiger partial charge in [-0.05, 0) is 32.4 Å². The maximum Gasteiger partial charge on any atom is 0.319 e. The Morgan fingerprint density at radius 2 is 2.35 bits per heavy atom. The Morgan fingerprint density at radius 1 is 1.55 bits per heavy atom. The molecule has 5 nitrogen and oxygen atoms in total.